The number of Topliss-reactive ketones (excluding diaryl/α,β-unsaturated/α-hetero) is 1. The molecular weight excluding hydrogens is 204 g/mol. The topological polar surface area (TPSA) is 63.4 Å². The average Bonchev–Trinajstić information content (AvgIpc) is 2.18. The van der Waals surface area contributed by atoms with Crippen molar-refractivity contribution in [3.8, 4) is 0 Å². The Morgan fingerprint density at radius 1 is 1.25 bits per heavy atom. The number of nitrogens with two attached hydrogens (primary N) is 1. The van der Waals surface area contributed by atoms with E-state index in [1.807, 2.05) is 13.8 Å². The van der Waals surface area contributed by atoms with E-state index in [9.17, 15) is 9.59 Å². The molecule has 0 rings (SSSR count). The molecule has 1 atom stereocenters. The zero-order valence-electron chi connectivity index (χ0n) is 11.6. The van der Waals surface area contributed by atoms with Crippen molar-refractivity contribution in [2.45, 2.75) is 47.1 Å². The number of carbonyl (C=O) groups is 2. The average molecular weight is 232 g/mol. The quantitative estimate of drug-likeness (QED) is 0.805. The van der Waals surface area contributed by atoms with Gasteiger partial charge in [-0.2, -0.15) is 0 Å². The lowest BCUT2D eigenvalue weighted by atomic mass is 9.85. The lowest BCUT2D eigenvalue weighted by molar-refractivity contribution is -0.134. The standard InChI is InChI=1S/C10H20N2O2.C2H6.H2/c1-10(2,3)9(14)7(11)6-8(13)12(4)5;1-2;/h7H,6,11H2,1-5H3;1-2H3;1H. The molecule has 4 heteroatoms. The molecule has 0 radical (unpaired) electrons. The lowest BCUT2D eigenvalue weighted by Crippen LogP contribution is -2.42. The summed E-state index contributed by atoms with van der Waals surface area (Å²) in [5.41, 5.74) is 5.16. The maximum absolute atomic E-state index is 11.6. The Bertz CT molecular complexity index is 235. The minimum atomic E-state index is -0.690. The van der Waals surface area contributed by atoms with Crippen LogP contribution in [0.5, 0.6) is 0 Å². The summed E-state index contributed by atoms with van der Waals surface area (Å²) in [7, 11) is 3.30. The van der Waals surface area contributed by atoms with Gasteiger partial charge in [-0.1, -0.05) is 34.6 Å². The number of amides is 1. The zero-order valence-corrected chi connectivity index (χ0v) is 11.6. The number of rotatable bonds is 3. The van der Waals surface area contributed by atoms with Gasteiger partial charge in [0, 0.05) is 27.4 Å². The molecule has 0 saturated heterocycles. The van der Waals surface area contributed by atoms with Crippen molar-refractivity contribution in [3.63, 3.8) is 0 Å². The van der Waals surface area contributed by atoms with Gasteiger partial charge in [0.1, 0.15) is 0 Å². The summed E-state index contributed by atoms with van der Waals surface area (Å²) in [6.07, 6.45) is 0.0864. The van der Waals surface area contributed by atoms with E-state index in [-0.39, 0.29) is 19.5 Å². The van der Waals surface area contributed by atoms with Crippen molar-refractivity contribution in [1.82, 2.24) is 4.90 Å². The fraction of sp³-hybridized carbons (Fsp3) is 0.833. The van der Waals surface area contributed by atoms with E-state index in [0.29, 0.717) is 0 Å². The van der Waals surface area contributed by atoms with E-state index >= 15 is 0 Å². The molecule has 1 amide bonds. The molecule has 1 unspecified atom stereocenters. The second-order valence-corrected chi connectivity index (χ2v) is 4.71. The van der Waals surface area contributed by atoms with E-state index in [1.165, 1.54) is 4.90 Å². The molecule has 0 fully saturated rings. The van der Waals surface area contributed by atoms with E-state index < -0.39 is 11.5 Å². The summed E-state index contributed by atoms with van der Waals surface area (Å²) < 4.78 is 0. The highest BCUT2D eigenvalue weighted by atomic mass is 16.2. The van der Waals surface area contributed by atoms with Gasteiger partial charge in [0.25, 0.3) is 0 Å². The van der Waals surface area contributed by atoms with Crippen LogP contribution in [0.15, 0.2) is 0 Å². The molecule has 98 valence electrons. The van der Waals surface area contributed by atoms with Crippen LogP contribution in [0, 0.1) is 5.41 Å². The first-order valence-electron chi connectivity index (χ1n) is 5.66. The monoisotopic (exact) mass is 232 g/mol. The number of hydrogen-bond acceptors (Lipinski definition) is 3. The van der Waals surface area contributed by atoms with Crippen LogP contribution in [0.4, 0.5) is 0 Å². The zero-order chi connectivity index (χ0) is 13.5. The molecule has 4 nitrogen and oxygen atoms in total. The van der Waals surface area contributed by atoms with Crippen LogP contribution in [-0.2, 0) is 9.59 Å². The minimum absolute atomic E-state index is 0. The second-order valence-electron chi connectivity index (χ2n) is 4.71. The van der Waals surface area contributed by atoms with Crippen LogP contribution in [0.3, 0.4) is 0 Å². The predicted molar refractivity (Wildman–Crippen MR) is 69.2 cm³/mol. The maximum Gasteiger partial charge on any atom is 0.224 e. The van der Waals surface area contributed by atoms with Crippen LogP contribution in [0.1, 0.15) is 42.5 Å². The molecule has 0 spiro atoms. The first-order valence-corrected chi connectivity index (χ1v) is 5.66. The highest BCUT2D eigenvalue weighted by Crippen LogP contribution is 2.17. The molecule has 0 aromatic rings. The first-order chi connectivity index (χ1) is 7.16. The van der Waals surface area contributed by atoms with Crippen LogP contribution in [0.25, 0.3) is 0 Å². The third kappa shape index (κ3) is 6.56. The Hall–Kier alpha value is -0.900. The minimum Gasteiger partial charge on any atom is -0.349 e. The molecule has 2 N–H and O–H groups in total. The summed E-state index contributed by atoms with van der Waals surface area (Å²) in [4.78, 5) is 24.3. The molecule has 0 aliphatic rings. The SMILES string of the molecule is CC.CN(C)C(=O)CC(N)C(=O)C(C)(C)C.[HH]. The van der Waals surface area contributed by atoms with Crippen LogP contribution >= 0.6 is 0 Å². The summed E-state index contributed by atoms with van der Waals surface area (Å²) in [5.74, 6) is -0.192. The molecule has 16 heavy (non-hydrogen) atoms. The van der Waals surface area contributed by atoms with Gasteiger partial charge in [0.2, 0.25) is 5.91 Å². The maximum atomic E-state index is 11.6. The highest BCUT2D eigenvalue weighted by molar-refractivity contribution is 5.92. The largest absolute Gasteiger partial charge is 0.349 e. The molecule has 0 bridgehead atoms. The van der Waals surface area contributed by atoms with Crippen molar-refractivity contribution < 1.29 is 11.0 Å². The normalized spacial score (nSPS) is 12.2. The van der Waals surface area contributed by atoms with Crippen molar-refractivity contribution in [2.24, 2.45) is 11.1 Å². The third-order valence-corrected chi connectivity index (χ3v) is 1.97. The van der Waals surface area contributed by atoms with Crippen LogP contribution in [0.2, 0.25) is 0 Å². The van der Waals surface area contributed by atoms with E-state index in [2.05, 4.69) is 0 Å². The van der Waals surface area contributed by atoms with Gasteiger partial charge >= 0.3 is 0 Å². The van der Waals surface area contributed by atoms with Crippen molar-refractivity contribution >= 4 is 11.7 Å². The molecule has 0 aliphatic heterocycles. The van der Waals surface area contributed by atoms with Gasteiger partial charge in [-0.25, -0.2) is 0 Å². The smallest absolute Gasteiger partial charge is 0.224 e. The number of ketones is 1. The lowest BCUT2D eigenvalue weighted by Gasteiger charge is -2.22. The number of nitrogens with zero attached hydrogens (tertiary/aromatic N) is 1. The fourth-order valence-corrected chi connectivity index (χ4v) is 1.02. The summed E-state index contributed by atoms with van der Waals surface area (Å²) in [5, 5.41) is 0. The van der Waals surface area contributed by atoms with E-state index in [4.69, 9.17) is 5.73 Å². The summed E-state index contributed by atoms with van der Waals surface area (Å²) in [6, 6.07) is -0.690. The van der Waals surface area contributed by atoms with Crippen LogP contribution in [-0.4, -0.2) is 36.7 Å². The third-order valence-electron chi connectivity index (χ3n) is 1.97. The van der Waals surface area contributed by atoms with Gasteiger partial charge in [-0.05, 0) is 0 Å². The van der Waals surface area contributed by atoms with Gasteiger partial charge in [-0.3, -0.25) is 9.59 Å². The Kier molecular flexibility index (Phi) is 8.08. The fourth-order valence-electron chi connectivity index (χ4n) is 1.02. The molecular formula is C12H28N2O2. The molecule has 0 heterocycles. The van der Waals surface area contributed by atoms with Crippen LogP contribution < -0.4 is 5.73 Å². The van der Waals surface area contributed by atoms with Gasteiger partial charge in [0.15, 0.2) is 5.78 Å². The van der Waals surface area contributed by atoms with Crippen molar-refractivity contribution in [1.29, 1.82) is 0 Å². The van der Waals surface area contributed by atoms with Gasteiger partial charge in [-0.15, -0.1) is 0 Å². The first kappa shape index (κ1) is 17.5. The summed E-state index contributed by atoms with van der Waals surface area (Å²) in [6.45, 7) is 9.40. The molecule has 0 aromatic heterocycles. The number of hydrogen-bond donors (Lipinski definition) is 1. The molecule has 0 aromatic carbocycles. The van der Waals surface area contributed by atoms with E-state index in [0.717, 1.165) is 0 Å². The summed E-state index contributed by atoms with van der Waals surface area (Å²) >= 11 is 0. The van der Waals surface area contributed by atoms with Gasteiger partial charge in [0.05, 0.1) is 6.04 Å². The van der Waals surface area contributed by atoms with E-state index in [1.54, 1.807) is 34.9 Å². The molecule has 0 saturated carbocycles. The predicted octanol–water partition coefficient (Wildman–Crippen LogP) is 1.68. The Labute approximate surface area is 101 Å². The Balaban J connectivity index is -0.000000616. The van der Waals surface area contributed by atoms with Gasteiger partial charge < -0.3 is 10.6 Å². The Morgan fingerprint density at radius 2 is 1.62 bits per heavy atom. The highest BCUT2D eigenvalue weighted by Gasteiger charge is 2.28. The molecule has 0 aliphatic carbocycles. The van der Waals surface area contributed by atoms with Crippen molar-refractivity contribution in [3.05, 3.63) is 0 Å². The van der Waals surface area contributed by atoms with Crippen molar-refractivity contribution in [2.75, 3.05) is 14.1 Å². The second kappa shape index (κ2) is 7.39. The number of carbonyl (C=O) groups excluding carboxylic acids is 2. The Morgan fingerprint density at radius 3 is 1.88 bits per heavy atom.